The summed E-state index contributed by atoms with van der Waals surface area (Å²) in [6.07, 6.45) is 2.64. The summed E-state index contributed by atoms with van der Waals surface area (Å²) < 4.78 is 6.01. The highest BCUT2D eigenvalue weighted by Gasteiger charge is 2.33. The minimum Gasteiger partial charge on any atom is -0.493 e. The van der Waals surface area contributed by atoms with Gasteiger partial charge in [0.15, 0.2) is 0 Å². The predicted octanol–water partition coefficient (Wildman–Crippen LogP) is 4.26. The van der Waals surface area contributed by atoms with E-state index in [1.807, 2.05) is 0 Å². The molecule has 2 aromatic rings. The lowest BCUT2D eigenvalue weighted by Gasteiger charge is -2.36. The van der Waals surface area contributed by atoms with Gasteiger partial charge in [-0.05, 0) is 47.6 Å². The Hall–Kier alpha value is -2.04. The van der Waals surface area contributed by atoms with Gasteiger partial charge >= 0.3 is 0 Å². The van der Waals surface area contributed by atoms with Crippen molar-refractivity contribution < 1.29 is 4.74 Å². The van der Waals surface area contributed by atoms with Crippen molar-refractivity contribution >= 4 is 11.4 Å². The van der Waals surface area contributed by atoms with E-state index in [0.29, 0.717) is 0 Å². The molecular weight excluding hydrogens is 346 g/mol. The Bertz CT molecular complexity index is 866. The molecule has 2 N–H and O–H groups in total. The van der Waals surface area contributed by atoms with Gasteiger partial charge in [0.1, 0.15) is 5.75 Å². The van der Waals surface area contributed by atoms with Gasteiger partial charge in [-0.15, -0.1) is 0 Å². The van der Waals surface area contributed by atoms with Crippen molar-refractivity contribution in [1.82, 2.24) is 10.2 Å². The van der Waals surface area contributed by atoms with Crippen LogP contribution in [0.2, 0.25) is 0 Å². The summed E-state index contributed by atoms with van der Waals surface area (Å²) in [6.45, 7) is 11.0. The molecule has 28 heavy (non-hydrogen) atoms. The molecule has 0 unspecified atom stereocenters. The second kappa shape index (κ2) is 7.09. The molecular formula is C24H31N3O. The van der Waals surface area contributed by atoms with Gasteiger partial charge in [0.25, 0.3) is 0 Å². The van der Waals surface area contributed by atoms with Gasteiger partial charge in [0, 0.05) is 55.6 Å². The second-order valence-corrected chi connectivity index (χ2v) is 9.12. The van der Waals surface area contributed by atoms with E-state index in [1.54, 1.807) is 0 Å². The molecule has 0 atom stereocenters. The van der Waals surface area contributed by atoms with E-state index in [9.17, 15) is 0 Å². The van der Waals surface area contributed by atoms with Gasteiger partial charge in [0.05, 0.1) is 6.61 Å². The second-order valence-electron chi connectivity index (χ2n) is 9.12. The van der Waals surface area contributed by atoms with E-state index in [-0.39, 0.29) is 5.41 Å². The van der Waals surface area contributed by atoms with Gasteiger partial charge in [-0.1, -0.05) is 32.0 Å². The number of nitrogens with one attached hydrogen (secondary N) is 2. The first-order valence-corrected chi connectivity index (χ1v) is 10.7. The number of benzene rings is 2. The number of rotatable bonds is 5. The first-order chi connectivity index (χ1) is 13.6. The van der Waals surface area contributed by atoms with Crippen molar-refractivity contribution in [1.29, 1.82) is 0 Å². The molecule has 148 valence electrons. The smallest absolute Gasteiger partial charge is 0.121 e. The highest BCUT2D eigenvalue weighted by molar-refractivity contribution is 5.76. The maximum atomic E-state index is 6.01. The normalized spacial score (nSPS) is 20.8. The zero-order valence-corrected chi connectivity index (χ0v) is 17.1. The van der Waals surface area contributed by atoms with Gasteiger partial charge in [0.2, 0.25) is 0 Å². The SMILES string of the molecule is CC1(C)c2ccc(OCC3CC3)cc2Nc2ccc(CN3CCNCC3)cc21. The van der Waals surface area contributed by atoms with Crippen LogP contribution >= 0.6 is 0 Å². The van der Waals surface area contributed by atoms with Crippen LogP contribution in [0.1, 0.15) is 43.4 Å². The van der Waals surface area contributed by atoms with Gasteiger partial charge in [-0.25, -0.2) is 0 Å². The molecule has 3 aliphatic rings. The van der Waals surface area contributed by atoms with Crippen LogP contribution in [0, 0.1) is 5.92 Å². The van der Waals surface area contributed by atoms with Crippen molar-refractivity contribution in [2.75, 3.05) is 38.1 Å². The highest BCUT2D eigenvalue weighted by Crippen LogP contribution is 2.46. The van der Waals surface area contributed by atoms with E-state index in [1.165, 1.54) is 40.9 Å². The topological polar surface area (TPSA) is 36.5 Å². The van der Waals surface area contributed by atoms with Crippen molar-refractivity contribution in [2.24, 2.45) is 5.92 Å². The Morgan fingerprint density at radius 1 is 1.00 bits per heavy atom. The fourth-order valence-electron chi connectivity index (χ4n) is 4.49. The van der Waals surface area contributed by atoms with Crippen molar-refractivity contribution in [3.63, 3.8) is 0 Å². The van der Waals surface area contributed by atoms with E-state index >= 15 is 0 Å². The van der Waals surface area contributed by atoms with E-state index in [2.05, 4.69) is 65.8 Å². The number of ether oxygens (including phenoxy) is 1. The minimum absolute atomic E-state index is 0.0234. The predicted molar refractivity (Wildman–Crippen MR) is 115 cm³/mol. The molecule has 0 aromatic heterocycles. The van der Waals surface area contributed by atoms with Gasteiger partial charge in [-0.2, -0.15) is 0 Å². The first kappa shape index (κ1) is 18.0. The highest BCUT2D eigenvalue weighted by atomic mass is 16.5. The van der Waals surface area contributed by atoms with Crippen molar-refractivity contribution in [3.8, 4) is 5.75 Å². The third kappa shape index (κ3) is 3.51. The molecule has 4 nitrogen and oxygen atoms in total. The Kier molecular flexibility index (Phi) is 4.56. The van der Waals surface area contributed by atoms with Crippen LogP contribution in [0.15, 0.2) is 36.4 Å². The number of fused-ring (bicyclic) bond motifs is 2. The molecule has 2 aliphatic heterocycles. The van der Waals surface area contributed by atoms with Crippen LogP contribution < -0.4 is 15.4 Å². The first-order valence-electron chi connectivity index (χ1n) is 10.7. The molecule has 4 heteroatoms. The molecule has 0 radical (unpaired) electrons. The Morgan fingerprint density at radius 3 is 2.61 bits per heavy atom. The molecule has 1 saturated carbocycles. The lowest BCUT2D eigenvalue weighted by molar-refractivity contribution is 0.233. The summed E-state index contributed by atoms with van der Waals surface area (Å²) in [4.78, 5) is 2.54. The molecule has 0 bridgehead atoms. The zero-order valence-electron chi connectivity index (χ0n) is 17.1. The molecule has 1 saturated heterocycles. The van der Waals surface area contributed by atoms with Crippen LogP contribution in [-0.2, 0) is 12.0 Å². The number of piperazine rings is 1. The lowest BCUT2D eigenvalue weighted by atomic mass is 9.74. The van der Waals surface area contributed by atoms with E-state index in [0.717, 1.165) is 51.0 Å². The maximum absolute atomic E-state index is 6.01. The summed E-state index contributed by atoms with van der Waals surface area (Å²) in [5, 5.41) is 7.10. The number of hydrogen-bond acceptors (Lipinski definition) is 4. The summed E-state index contributed by atoms with van der Waals surface area (Å²) in [5.41, 5.74) is 6.52. The molecule has 0 amide bonds. The summed E-state index contributed by atoms with van der Waals surface area (Å²) in [7, 11) is 0. The van der Waals surface area contributed by atoms with Gasteiger partial charge < -0.3 is 15.4 Å². The van der Waals surface area contributed by atoms with Crippen LogP contribution in [-0.4, -0.2) is 37.7 Å². The third-order valence-electron chi connectivity index (χ3n) is 6.49. The monoisotopic (exact) mass is 377 g/mol. The lowest BCUT2D eigenvalue weighted by Crippen LogP contribution is -2.42. The van der Waals surface area contributed by atoms with Crippen molar-refractivity contribution in [3.05, 3.63) is 53.1 Å². The van der Waals surface area contributed by atoms with E-state index < -0.39 is 0 Å². The minimum atomic E-state index is -0.0234. The molecule has 1 aliphatic carbocycles. The summed E-state index contributed by atoms with van der Waals surface area (Å²) >= 11 is 0. The fourth-order valence-corrected chi connectivity index (χ4v) is 4.49. The summed E-state index contributed by atoms with van der Waals surface area (Å²) in [6, 6.07) is 13.5. The van der Waals surface area contributed by atoms with Crippen LogP contribution in [0.5, 0.6) is 5.75 Å². The van der Waals surface area contributed by atoms with Crippen LogP contribution in [0.4, 0.5) is 11.4 Å². The van der Waals surface area contributed by atoms with Crippen LogP contribution in [0.25, 0.3) is 0 Å². The van der Waals surface area contributed by atoms with Crippen LogP contribution in [0.3, 0.4) is 0 Å². The standard InChI is InChI=1S/C24H31N3O/c1-24(2)20-7-6-19(28-16-17-3-4-17)14-23(20)26-22-8-5-18(13-21(22)24)15-27-11-9-25-10-12-27/h5-8,13-14,17,25-26H,3-4,9-12,15-16H2,1-2H3. The van der Waals surface area contributed by atoms with E-state index in [4.69, 9.17) is 4.74 Å². The Labute approximate surface area is 168 Å². The molecule has 0 spiro atoms. The average Bonchev–Trinajstić information content (AvgIpc) is 3.52. The molecule has 2 fully saturated rings. The largest absolute Gasteiger partial charge is 0.493 e. The Morgan fingerprint density at radius 2 is 1.82 bits per heavy atom. The number of anilines is 2. The molecule has 5 rings (SSSR count). The molecule has 2 heterocycles. The van der Waals surface area contributed by atoms with Crippen molar-refractivity contribution in [2.45, 2.75) is 38.6 Å². The number of nitrogens with zero attached hydrogens (tertiary/aromatic N) is 1. The molecule has 2 aromatic carbocycles. The maximum Gasteiger partial charge on any atom is 0.121 e. The van der Waals surface area contributed by atoms with Gasteiger partial charge in [-0.3, -0.25) is 4.90 Å². The summed E-state index contributed by atoms with van der Waals surface area (Å²) in [5.74, 6) is 1.75. The third-order valence-corrected chi connectivity index (χ3v) is 6.49. The zero-order chi connectivity index (χ0) is 19.1. The fraction of sp³-hybridized carbons (Fsp3) is 0.500. The average molecular weight is 378 g/mol. The Balaban J connectivity index is 1.39. The quantitative estimate of drug-likeness (QED) is 0.816. The number of hydrogen-bond donors (Lipinski definition) is 2.